The van der Waals surface area contributed by atoms with Gasteiger partial charge >= 0.3 is 11.8 Å². The average molecular weight is 311 g/mol. The van der Waals surface area contributed by atoms with Crippen molar-refractivity contribution in [2.45, 2.75) is 31.9 Å². The second-order valence-electron chi connectivity index (χ2n) is 5.22. The minimum atomic E-state index is -0.698. The lowest BCUT2D eigenvalue weighted by Gasteiger charge is -2.10. The third-order valence-corrected chi connectivity index (χ3v) is 3.86. The van der Waals surface area contributed by atoms with Crippen LogP contribution in [0.3, 0.4) is 0 Å². The second kappa shape index (κ2) is 7.43. The largest absolute Gasteiger partial charge is 0.393 e. The van der Waals surface area contributed by atoms with E-state index in [0.29, 0.717) is 23.9 Å². The molecule has 3 N–H and O–H groups in total. The number of nitrogens with one attached hydrogen (secondary N) is 2. The van der Waals surface area contributed by atoms with Gasteiger partial charge in [-0.25, -0.2) is 0 Å². The second-order valence-corrected chi connectivity index (χ2v) is 5.63. The van der Waals surface area contributed by atoms with Crippen LogP contribution in [0.5, 0.6) is 0 Å². The van der Waals surface area contributed by atoms with Crippen LogP contribution in [-0.2, 0) is 16.1 Å². The Morgan fingerprint density at radius 3 is 2.57 bits per heavy atom. The number of aliphatic hydroxyl groups is 1. The lowest BCUT2D eigenvalue weighted by Crippen LogP contribution is -2.40. The summed E-state index contributed by atoms with van der Waals surface area (Å²) < 4.78 is 0. The summed E-state index contributed by atoms with van der Waals surface area (Å²) >= 11 is 5.96. The highest BCUT2D eigenvalue weighted by molar-refractivity contribution is 6.35. The molecule has 5 nitrogen and oxygen atoms in total. The maximum atomic E-state index is 11.6. The third kappa shape index (κ3) is 5.02. The van der Waals surface area contributed by atoms with Crippen molar-refractivity contribution in [2.24, 2.45) is 5.92 Å². The van der Waals surface area contributed by atoms with Crippen LogP contribution in [0.15, 0.2) is 24.3 Å². The van der Waals surface area contributed by atoms with Crippen LogP contribution in [0.1, 0.15) is 24.8 Å². The molecule has 0 bridgehead atoms. The monoisotopic (exact) mass is 310 g/mol. The molecule has 0 heterocycles. The Kier molecular flexibility index (Phi) is 5.59. The summed E-state index contributed by atoms with van der Waals surface area (Å²) in [7, 11) is 0. The van der Waals surface area contributed by atoms with Crippen LogP contribution < -0.4 is 10.6 Å². The molecular weight excluding hydrogens is 292 g/mol. The predicted molar refractivity (Wildman–Crippen MR) is 79.7 cm³/mol. The number of halogens is 1. The Morgan fingerprint density at radius 1 is 1.24 bits per heavy atom. The van der Waals surface area contributed by atoms with E-state index in [9.17, 15) is 14.7 Å². The molecule has 2 amide bonds. The van der Waals surface area contributed by atoms with Gasteiger partial charge in [-0.1, -0.05) is 29.8 Å². The highest BCUT2D eigenvalue weighted by Crippen LogP contribution is 2.33. The molecule has 1 atom stereocenters. The Labute approximate surface area is 128 Å². The van der Waals surface area contributed by atoms with Crippen LogP contribution in [0, 0.1) is 5.92 Å². The molecule has 1 fully saturated rings. The molecule has 114 valence electrons. The first kappa shape index (κ1) is 15.8. The number of hydrogen-bond donors (Lipinski definition) is 3. The van der Waals surface area contributed by atoms with Crippen molar-refractivity contribution in [3.8, 4) is 0 Å². The van der Waals surface area contributed by atoms with Gasteiger partial charge in [0.05, 0.1) is 6.10 Å². The fraction of sp³-hybridized carbons (Fsp3) is 0.467. The van der Waals surface area contributed by atoms with Gasteiger partial charge < -0.3 is 15.7 Å². The van der Waals surface area contributed by atoms with Crippen molar-refractivity contribution in [1.82, 2.24) is 10.6 Å². The molecule has 1 aromatic carbocycles. The van der Waals surface area contributed by atoms with Crippen LogP contribution in [0.4, 0.5) is 0 Å². The fourth-order valence-corrected chi connectivity index (χ4v) is 2.23. The number of amides is 2. The topological polar surface area (TPSA) is 78.4 Å². The maximum absolute atomic E-state index is 11.6. The van der Waals surface area contributed by atoms with E-state index in [4.69, 9.17) is 11.6 Å². The molecule has 0 aliphatic heterocycles. The number of benzene rings is 1. The van der Waals surface area contributed by atoms with Gasteiger partial charge in [0, 0.05) is 18.1 Å². The van der Waals surface area contributed by atoms with Crippen LogP contribution in [-0.4, -0.2) is 29.6 Å². The zero-order chi connectivity index (χ0) is 15.2. The maximum Gasteiger partial charge on any atom is 0.309 e. The van der Waals surface area contributed by atoms with Crippen LogP contribution in [0.2, 0.25) is 5.02 Å². The highest BCUT2D eigenvalue weighted by atomic mass is 35.5. The van der Waals surface area contributed by atoms with E-state index in [2.05, 4.69) is 10.6 Å². The molecule has 0 aromatic heterocycles. The number of hydrogen-bond acceptors (Lipinski definition) is 3. The normalized spacial score (nSPS) is 15.3. The van der Waals surface area contributed by atoms with E-state index in [-0.39, 0.29) is 12.6 Å². The lowest BCUT2D eigenvalue weighted by atomic mass is 10.1. The molecule has 0 saturated heterocycles. The van der Waals surface area contributed by atoms with Gasteiger partial charge in [-0.15, -0.1) is 0 Å². The predicted octanol–water partition coefficient (Wildman–Crippen LogP) is 1.23. The van der Waals surface area contributed by atoms with Crippen molar-refractivity contribution in [1.29, 1.82) is 0 Å². The third-order valence-electron chi connectivity index (χ3n) is 3.50. The Bertz CT molecular complexity index is 517. The molecule has 0 unspecified atom stereocenters. The Morgan fingerprint density at radius 2 is 1.90 bits per heavy atom. The first-order chi connectivity index (χ1) is 10.1. The van der Waals surface area contributed by atoms with E-state index in [1.165, 1.54) is 0 Å². The molecule has 6 heteroatoms. The Balaban J connectivity index is 1.67. The van der Waals surface area contributed by atoms with E-state index >= 15 is 0 Å². The number of carbonyl (C=O) groups excluding carboxylic acids is 2. The van der Waals surface area contributed by atoms with Crippen LogP contribution >= 0.6 is 11.6 Å². The summed E-state index contributed by atoms with van der Waals surface area (Å²) in [6.45, 7) is 0.507. The SMILES string of the molecule is O=C(NCC[C@H](O)C1CC1)C(=O)NCc1ccccc1Cl. The first-order valence-electron chi connectivity index (χ1n) is 7.05. The first-order valence-corrected chi connectivity index (χ1v) is 7.43. The molecule has 0 radical (unpaired) electrons. The zero-order valence-corrected chi connectivity index (χ0v) is 12.4. The molecule has 1 aromatic rings. The molecular formula is C15H19ClN2O3. The summed E-state index contributed by atoms with van der Waals surface area (Å²) in [6, 6.07) is 7.12. The highest BCUT2D eigenvalue weighted by Gasteiger charge is 2.29. The van der Waals surface area contributed by atoms with Crippen molar-refractivity contribution in [3.63, 3.8) is 0 Å². The summed E-state index contributed by atoms with van der Waals surface area (Å²) in [5.74, 6) is -1.02. The lowest BCUT2D eigenvalue weighted by molar-refractivity contribution is -0.139. The van der Waals surface area contributed by atoms with Gasteiger partial charge in [-0.3, -0.25) is 9.59 Å². The molecule has 1 aliphatic carbocycles. The van der Waals surface area contributed by atoms with Gasteiger partial charge in [-0.05, 0) is 36.8 Å². The van der Waals surface area contributed by atoms with Gasteiger partial charge in [0.1, 0.15) is 0 Å². The summed E-state index contributed by atoms with van der Waals surface area (Å²) in [4.78, 5) is 23.2. The minimum Gasteiger partial charge on any atom is -0.393 e. The number of aliphatic hydroxyl groups excluding tert-OH is 1. The summed E-state index contributed by atoms with van der Waals surface area (Å²) in [5, 5.41) is 15.2. The Hall–Kier alpha value is -1.59. The van der Waals surface area contributed by atoms with Crippen molar-refractivity contribution < 1.29 is 14.7 Å². The van der Waals surface area contributed by atoms with Crippen molar-refractivity contribution in [2.75, 3.05) is 6.54 Å². The quantitative estimate of drug-likeness (QED) is 0.692. The fourth-order valence-electron chi connectivity index (χ4n) is 2.03. The number of carbonyl (C=O) groups is 2. The average Bonchev–Trinajstić information content (AvgIpc) is 3.30. The van der Waals surface area contributed by atoms with Gasteiger partial charge in [0.2, 0.25) is 0 Å². The molecule has 1 saturated carbocycles. The summed E-state index contributed by atoms with van der Waals surface area (Å²) in [5.41, 5.74) is 0.754. The number of rotatable bonds is 6. The molecule has 1 aliphatic rings. The standard InChI is InChI=1S/C15H19ClN2O3/c16-12-4-2-1-3-11(12)9-18-15(21)14(20)17-8-7-13(19)10-5-6-10/h1-4,10,13,19H,5-9H2,(H,17,20)(H,18,21)/t13-/m0/s1. The van der Waals surface area contributed by atoms with E-state index in [1.807, 2.05) is 6.07 Å². The molecule has 21 heavy (non-hydrogen) atoms. The molecule has 0 spiro atoms. The van der Waals surface area contributed by atoms with Gasteiger partial charge in [0.15, 0.2) is 0 Å². The van der Waals surface area contributed by atoms with Crippen LogP contribution in [0.25, 0.3) is 0 Å². The zero-order valence-electron chi connectivity index (χ0n) is 11.6. The minimum absolute atomic E-state index is 0.205. The van der Waals surface area contributed by atoms with Gasteiger partial charge in [-0.2, -0.15) is 0 Å². The molecule has 2 rings (SSSR count). The van der Waals surface area contributed by atoms with Crippen molar-refractivity contribution in [3.05, 3.63) is 34.9 Å². The smallest absolute Gasteiger partial charge is 0.309 e. The van der Waals surface area contributed by atoms with E-state index in [0.717, 1.165) is 18.4 Å². The van der Waals surface area contributed by atoms with E-state index < -0.39 is 11.8 Å². The van der Waals surface area contributed by atoms with Crippen molar-refractivity contribution >= 4 is 23.4 Å². The van der Waals surface area contributed by atoms with Gasteiger partial charge in [0.25, 0.3) is 0 Å². The van der Waals surface area contributed by atoms with E-state index in [1.54, 1.807) is 18.2 Å². The summed E-state index contributed by atoms with van der Waals surface area (Å²) in [6.07, 6.45) is 2.20.